The summed E-state index contributed by atoms with van der Waals surface area (Å²) in [4.78, 5) is 0. The van der Waals surface area contributed by atoms with Gasteiger partial charge in [0.15, 0.2) is 0 Å². The predicted molar refractivity (Wildman–Crippen MR) is 102 cm³/mol. The third kappa shape index (κ3) is 3.88. The van der Waals surface area contributed by atoms with E-state index in [1.54, 1.807) is 0 Å². The van der Waals surface area contributed by atoms with E-state index in [4.69, 9.17) is 0 Å². The number of nitrogens with one attached hydrogen (secondary N) is 2. The lowest BCUT2D eigenvalue weighted by Crippen LogP contribution is -2.40. The molecule has 1 atom stereocenters. The summed E-state index contributed by atoms with van der Waals surface area (Å²) >= 11 is 0. The minimum Gasteiger partial charge on any atom is -0.631 e. The number of hydrogen-bond donors (Lipinski definition) is 2. The highest BCUT2D eigenvalue weighted by molar-refractivity contribution is 5.80. The maximum atomic E-state index is 12.9. The van der Waals surface area contributed by atoms with E-state index in [0.29, 0.717) is 25.7 Å². The van der Waals surface area contributed by atoms with Gasteiger partial charge >= 0.3 is 0 Å². The highest BCUT2D eigenvalue weighted by atomic mass is 16.6. The first-order valence-corrected chi connectivity index (χ1v) is 9.14. The van der Waals surface area contributed by atoms with Crippen molar-refractivity contribution < 1.29 is 4.65 Å². The SMILES string of the molecule is CCCN1C[N+]([O-])(Cc2ccc(-c3ccccc3-c3nn[nH]n3)cc2)CN1. The zero-order valence-corrected chi connectivity index (χ0v) is 15.3. The molecule has 1 aliphatic rings. The molecule has 0 amide bonds. The van der Waals surface area contributed by atoms with Gasteiger partial charge in [-0.1, -0.05) is 55.5 Å². The number of hydrogen-bond acceptors (Lipinski definition) is 6. The molecular formula is C19H23N7O. The van der Waals surface area contributed by atoms with E-state index in [0.717, 1.165) is 35.2 Å². The maximum Gasteiger partial charge on any atom is 0.205 e. The van der Waals surface area contributed by atoms with Gasteiger partial charge in [-0.2, -0.15) is 10.2 Å². The van der Waals surface area contributed by atoms with E-state index in [9.17, 15) is 5.21 Å². The molecule has 1 fully saturated rings. The Hall–Kier alpha value is -2.65. The summed E-state index contributed by atoms with van der Waals surface area (Å²) in [5, 5.41) is 29.3. The van der Waals surface area contributed by atoms with Crippen molar-refractivity contribution in [2.45, 2.75) is 19.9 Å². The van der Waals surface area contributed by atoms with Crippen LogP contribution in [0.3, 0.4) is 0 Å². The highest BCUT2D eigenvalue weighted by Gasteiger charge is 2.28. The van der Waals surface area contributed by atoms with Gasteiger partial charge in [0, 0.05) is 17.7 Å². The van der Waals surface area contributed by atoms with Crippen LogP contribution in [0, 0.1) is 5.21 Å². The second-order valence-electron chi connectivity index (χ2n) is 6.92. The topological polar surface area (TPSA) is 92.8 Å². The van der Waals surface area contributed by atoms with Gasteiger partial charge in [-0.25, -0.2) is 5.43 Å². The Morgan fingerprint density at radius 2 is 1.89 bits per heavy atom. The molecule has 0 spiro atoms. The Balaban J connectivity index is 1.52. The summed E-state index contributed by atoms with van der Waals surface area (Å²) in [7, 11) is 0. The van der Waals surface area contributed by atoms with Crippen LogP contribution in [0.5, 0.6) is 0 Å². The number of benzene rings is 2. The lowest BCUT2D eigenvalue weighted by Gasteiger charge is -2.37. The molecular weight excluding hydrogens is 342 g/mol. The normalized spacial score (nSPS) is 20.2. The van der Waals surface area contributed by atoms with Crippen LogP contribution in [0.25, 0.3) is 22.5 Å². The summed E-state index contributed by atoms with van der Waals surface area (Å²) in [5.41, 5.74) is 7.25. The number of tetrazole rings is 1. The molecule has 27 heavy (non-hydrogen) atoms. The molecule has 2 aromatic carbocycles. The first kappa shape index (κ1) is 17.7. The van der Waals surface area contributed by atoms with Gasteiger partial charge in [0.05, 0.1) is 0 Å². The maximum absolute atomic E-state index is 12.9. The number of hydrazine groups is 1. The second-order valence-corrected chi connectivity index (χ2v) is 6.92. The van der Waals surface area contributed by atoms with Crippen LogP contribution in [0.15, 0.2) is 48.5 Å². The molecule has 8 nitrogen and oxygen atoms in total. The molecule has 140 valence electrons. The quantitative estimate of drug-likeness (QED) is 0.515. The number of quaternary nitrogens is 1. The minimum atomic E-state index is -0.265. The van der Waals surface area contributed by atoms with Crippen molar-refractivity contribution in [2.24, 2.45) is 0 Å². The molecule has 1 aromatic heterocycles. The summed E-state index contributed by atoms with van der Waals surface area (Å²) in [6, 6.07) is 16.1. The van der Waals surface area contributed by atoms with E-state index in [-0.39, 0.29) is 4.65 Å². The molecule has 1 unspecified atom stereocenters. The van der Waals surface area contributed by atoms with Crippen molar-refractivity contribution in [3.05, 3.63) is 59.3 Å². The molecule has 2 N–H and O–H groups in total. The van der Waals surface area contributed by atoms with Crippen LogP contribution in [-0.4, -0.2) is 50.2 Å². The molecule has 0 saturated carbocycles. The Kier molecular flexibility index (Phi) is 4.95. The molecule has 0 bridgehead atoms. The third-order valence-electron chi connectivity index (χ3n) is 4.75. The average molecular weight is 365 g/mol. The van der Waals surface area contributed by atoms with Crippen LogP contribution < -0.4 is 5.43 Å². The van der Waals surface area contributed by atoms with Crippen molar-refractivity contribution in [2.75, 3.05) is 19.9 Å². The first-order valence-electron chi connectivity index (χ1n) is 9.14. The van der Waals surface area contributed by atoms with Gasteiger partial charge in [0.25, 0.3) is 0 Å². The Morgan fingerprint density at radius 1 is 1.11 bits per heavy atom. The molecule has 0 aliphatic carbocycles. The van der Waals surface area contributed by atoms with Crippen molar-refractivity contribution in [1.82, 2.24) is 31.1 Å². The van der Waals surface area contributed by atoms with Crippen molar-refractivity contribution >= 4 is 0 Å². The predicted octanol–water partition coefficient (Wildman–Crippen LogP) is 2.49. The Labute approximate surface area is 158 Å². The lowest BCUT2D eigenvalue weighted by molar-refractivity contribution is -0.887. The number of H-pyrrole nitrogens is 1. The van der Waals surface area contributed by atoms with E-state index >= 15 is 0 Å². The minimum absolute atomic E-state index is 0.265. The van der Waals surface area contributed by atoms with Crippen LogP contribution in [-0.2, 0) is 6.54 Å². The van der Waals surface area contributed by atoms with E-state index < -0.39 is 0 Å². The summed E-state index contributed by atoms with van der Waals surface area (Å²) < 4.78 is -0.265. The number of hydroxylamine groups is 3. The lowest BCUT2D eigenvalue weighted by atomic mass is 9.98. The van der Waals surface area contributed by atoms with Crippen LogP contribution in [0.4, 0.5) is 0 Å². The van der Waals surface area contributed by atoms with Crippen molar-refractivity contribution in [3.63, 3.8) is 0 Å². The van der Waals surface area contributed by atoms with E-state index in [1.165, 1.54) is 0 Å². The monoisotopic (exact) mass is 365 g/mol. The highest BCUT2D eigenvalue weighted by Crippen LogP contribution is 2.30. The second kappa shape index (κ2) is 7.53. The molecule has 2 heterocycles. The zero-order valence-electron chi connectivity index (χ0n) is 15.3. The molecule has 1 aliphatic heterocycles. The standard InChI is InChI=1S/C19H23N7O/c1-2-11-25-14-26(27,13-20-25)12-15-7-9-16(10-8-15)17-5-3-4-6-18(17)19-21-23-24-22-19/h3-10,20H,2,11-14H2,1H3,(H,21,22,23,24). The fourth-order valence-corrected chi connectivity index (χ4v) is 3.49. The summed E-state index contributed by atoms with van der Waals surface area (Å²) in [5.74, 6) is 0.567. The number of aromatic nitrogens is 4. The molecule has 1 saturated heterocycles. The van der Waals surface area contributed by atoms with Gasteiger partial charge in [-0.05, 0) is 22.8 Å². The smallest absolute Gasteiger partial charge is 0.205 e. The summed E-state index contributed by atoms with van der Waals surface area (Å²) in [6.45, 7) is 4.37. The molecule has 0 radical (unpaired) electrons. The number of aromatic amines is 1. The van der Waals surface area contributed by atoms with E-state index in [1.807, 2.05) is 53.5 Å². The first-order chi connectivity index (χ1) is 13.2. The Bertz CT molecular complexity index is 881. The van der Waals surface area contributed by atoms with Crippen molar-refractivity contribution in [1.29, 1.82) is 0 Å². The average Bonchev–Trinajstić information content (AvgIpc) is 3.33. The molecule has 4 rings (SSSR count). The summed E-state index contributed by atoms with van der Waals surface area (Å²) in [6.07, 6.45) is 1.03. The van der Waals surface area contributed by atoms with Gasteiger partial charge in [-0.3, -0.25) is 0 Å². The van der Waals surface area contributed by atoms with Gasteiger partial charge in [-0.15, -0.1) is 10.2 Å². The fourth-order valence-electron chi connectivity index (χ4n) is 3.49. The largest absolute Gasteiger partial charge is 0.631 e. The third-order valence-corrected chi connectivity index (χ3v) is 4.75. The van der Waals surface area contributed by atoms with Crippen molar-refractivity contribution in [3.8, 4) is 22.5 Å². The van der Waals surface area contributed by atoms with Crippen LogP contribution in [0.2, 0.25) is 0 Å². The van der Waals surface area contributed by atoms with Gasteiger partial charge in [0.1, 0.15) is 19.9 Å². The number of rotatable bonds is 6. The van der Waals surface area contributed by atoms with Gasteiger partial charge < -0.3 is 9.85 Å². The zero-order chi connectivity index (χ0) is 18.7. The van der Waals surface area contributed by atoms with E-state index in [2.05, 4.69) is 33.0 Å². The number of nitrogens with zero attached hydrogens (tertiary/aromatic N) is 5. The van der Waals surface area contributed by atoms with Crippen LogP contribution in [0.1, 0.15) is 18.9 Å². The fraction of sp³-hybridized carbons (Fsp3) is 0.316. The Morgan fingerprint density at radius 3 is 2.59 bits per heavy atom. The molecule has 3 aromatic rings. The van der Waals surface area contributed by atoms with Gasteiger partial charge in [0.2, 0.25) is 5.82 Å². The van der Waals surface area contributed by atoms with Crippen LogP contribution >= 0.6 is 0 Å². The molecule has 8 heteroatoms.